The summed E-state index contributed by atoms with van der Waals surface area (Å²) in [5, 5.41) is 2.52. The largest absolute Gasteiger partial charge is 0.349 e. The van der Waals surface area contributed by atoms with Crippen molar-refractivity contribution in [3.63, 3.8) is 0 Å². The van der Waals surface area contributed by atoms with Gasteiger partial charge in [-0.15, -0.1) is 0 Å². The molecule has 1 N–H and O–H groups in total. The van der Waals surface area contributed by atoms with Crippen molar-refractivity contribution in [3.05, 3.63) is 12.2 Å². The zero-order valence-corrected chi connectivity index (χ0v) is 11.0. The van der Waals surface area contributed by atoms with Gasteiger partial charge in [-0.25, -0.2) is 0 Å². The van der Waals surface area contributed by atoms with Gasteiger partial charge in [-0.05, 0) is 13.0 Å². The Bertz CT molecular complexity index is 324. The van der Waals surface area contributed by atoms with E-state index in [2.05, 4.69) is 5.32 Å². The highest BCUT2D eigenvalue weighted by atomic mass is 16.2. The van der Waals surface area contributed by atoms with E-state index in [1.807, 2.05) is 0 Å². The van der Waals surface area contributed by atoms with Crippen molar-refractivity contribution in [1.29, 1.82) is 0 Å². The number of Topliss-reactive ketones (excluding diaryl/α,β-unsaturated/α-hetero) is 1. The Kier molecular flexibility index (Phi) is 6.39. The van der Waals surface area contributed by atoms with Crippen LogP contribution in [0.2, 0.25) is 0 Å². The SMILES string of the molecule is C/C=C/C(=O)CCC(=O)NCC(=O)C(C)(C)C. The highest BCUT2D eigenvalue weighted by molar-refractivity contribution is 5.93. The summed E-state index contributed by atoms with van der Waals surface area (Å²) in [6.45, 7) is 7.19. The highest BCUT2D eigenvalue weighted by Crippen LogP contribution is 2.13. The van der Waals surface area contributed by atoms with Gasteiger partial charge < -0.3 is 5.32 Å². The molecule has 0 aliphatic heterocycles. The number of carbonyl (C=O) groups excluding carboxylic acids is 3. The van der Waals surface area contributed by atoms with E-state index in [4.69, 9.17) is 0 Å². The minimum Gasteiger partial charge on any atom is -0.349 e. The van der Waals surface area contributed by atoms with E-state index in [0.717, 1.165) is 0 Å². The van der Waals surface area contributed by atoms with Gasteiger partial charge in [0.15, 0.2) is 11.6 Å². The molecule has 0 saturated carbocycles. The van der Waals surface area contributed by atoms with Gasteiger partial charge in [0, 0.05) is 18.3 Å². The predicted octanol–water partition coefficient (Wildman–Crippen LogP) is 1.64. The van der Waals surface area contributed by atoms with Crippen molar-refractivity contribution in [2.75, 3.05) is 6.54 Å². The van der Waals surface area contributed by atoms with Crippen LogP contribution in [0.3, 0.4) is 0 Å². The summed E-state index contributed by atoms with van der Waals surface area (Å²) in [5.74, 6) is -0.365. The maximum Gasteiger partial charge on any atom is 0.220 e. The number of hydrogen-bond acceptors (Lipinski definition) is 3. The van der Waals surface area contributed by atoms with Crippen molar-refractivity contribution in [2.24, 2.45) is 5.41 Å². The van der Waals surface area contributed by atoms with Gasteiger partial charge >= 0.3 is 0 Å². The lowest BCUT2D eigenvalue weighted by molar-refractivity contribution is -0.129. The van der Waals surface area contributed by atoms with Crippen LogP contribution in [0.1, 0.15) is 40.5 Å². The maximum absolute atomic E-state index is 11.5. The van der Waals surface area contributed by atoms with Gasteiger partial charge in [-0.3, -0.25) is 14.4 Å². The molecular formula is C13H21NO3. The molecule has 0 saturated heterocycles. The third-order valence-electron chi connectivity index (χ3n) is 2.23. The molecule has 0 fully saturated rings. The molecule has 96 valence electrons. The molecule has 0 aromatic carbocycles. The Morgan fingerprint density at radius 3 is 2.18 bits per heavy atom. The minimum atomic E-state index is -0.450. The molecule has 0 unspecified atom stereocenters. The van der Waals surface area contributed by atoms with E-state index in [9.17, 15) is 14.4 Å². The number of allylic oxidation sites excluding steroid dienone is 2. The van der Waals surface area contributed by atoms with Gasteiger partial charge in [0.25, 0.3) is 0 Å². The summed E-state index contributed by atoms with van der Waals surface area (Å²) in [5.41, 5.74) is -0.450. The average Bonchev–Trinajstić information content (AvgIpc) is 2.22. The molecule has 0 aromatic heterocycles. The summed E-state index contributed by atoms with van der Waals surface area (Å²) in [6.07, 6.45) is 3.39. The zero-order valence-electron chi connectivity index (χ0n) is 11.0. The summed E-state index contributed by atoms with van der Waals surface area (Å²) in [6, 6.07) is 0. The van der Waals surface area contributed by atoms with E-state index in [-0.39, 0.29) is 36.9 Å². The van der Waals surface area contributed by atoms with E-state index >= 15 is 0 Å². The van der Waals surface area contributed by atoms with Crippen molar-refractivity contribution in [2.45, 2.75) is 40.5 Å². The molecule has 17 heavy (non-hydrogen) atoms. The van der Waals surface area contributed by atoms with Crippen molar-refractivity contribution in [1.82, 2.24) is 5.32 Å². The third kappa shape index (κ3) is 7.44. The number of rotatable bonds is 6. The molecule has 0 aromatic rings. The summed E-state index contributed by atoms with van der Waals surface area (Å²) in [4.78, 5) is 34.0. The second-order valence-corrected chi connectivity index (χ2v) is 4.92. The molecule has 1 amide bonds. The van der Waals surface area contributed by atoms with Gasteiger partial charge in [0.1, 0.15) is 0 Å². The highest BCUT2D eigenvalue weighted by Gasteiger charge is 2.21. The smallest absolute Gasteiger partial charge is 0.220 e. The molecule has 0 rings (SSSR count). The molecule has 0 bridgehead atoms. The lowest BCUT2D eigenvalue weighted by Crippen LogP contribution is -2.35. The van der Waals surface area contributed by atoms with E-state index in [1.165, 1.54) is 6.08 Å². The second kappa shape index (κ2) is 6.99. The Morgan fingerprint density at radius 1 is 1.12 bits per heavy atom. The van der Waals surface area contributed by atoms with Crippen LogP contribution in [-0.4, -0.2) is 24.0 Å². The summed E-state index contributed by atoms with van der Waals surface area (Å²) < 4.78 is 0. The first-order chi connectivity index (χ1) is 7.77. The Labute approximate surface area is 102 Å². The molecule has 0 radical (unpaired) electrons. The minimum absolute atomic E-state index is 0.0226. The molecule has 4 nitrogen and oxygen atoms in total. The Hall–Kier alpha value is -1.45. The van der Waals surface area contributed by atoms with E-state index in [1.54, 1.807) is 33.8 Å². The lowest BCUT2D eigenvalue weighted by Gasteiger charge is -2.16. The van der Waals surface area contributed by atoms with E-state index in [0.29, 0.717) is 0 Å². The fraction of sp³-hybridized carbons (Fsp3) is 0.615. The Morgan fingerprint density at radius 2 is 1.71 bits per heavy atom. The normalized spacial score (nSPS) is 11.5. The number of nitrogens with one attached hydrogen (secondary N) is 1. The van der Waals surface area contributed by atoms with Crippen LogP contribution in [-0.2, 0) is 14.4 Å². The van der Waals surface area contributed by atoms with Crippen LogP contribution < -0.4 is 5.32 Å². The van der Waals surface area contributed by atoms with Crippen LogP contribution in [0.4, 0.5) is 0 Å². The third-order valence-corrected chi connectivity index (χ3v) is 2.23. The van der Waals surface area contributed by atoms with E-state index < -0.39 is 5.41 Å². The predicted molar refractivity (Wildman–Crippen MR) is 66.5 cm³/mol. The zero-order chi connectivity index (χ0) is 13.5. The second-order valence-electron chi connectivity index (χ2n) is 4.92. The molecular weight excluding hydrogens is 218 g/mol. The lowest BCUT2D eigenvalue weighted by atomic mass is 9.91. The molecule has 0 aliphatic carbocycles. The van der Waals surface area contributed by atoms with Crippen molar-refractivity contribution < 1.29 is 14.4 Å². The fourth-order valence-corrected chi connectivity index (χ4v) is 1.04. The number of amides is 1. The molecule has 0 atom stereocenters. The van der Waals surface area contributed by atoms with Gasteiger partial charge in [0.05, 0.1) is 6.54 Å². The number of carbonyl (C=O) groups is 3. The maximum atomic E-state index is 11.5. The molecule has 0 aliphatic rings. The Balaban J connectivity index is 3.89. The number of hydrogen-bond donors (Lipinski definition) is 1. The van der Waals surface area contributed by atoms with Crippen LogP contribution in [0.25, 0.3) is 0 Å². The molecule has 4 heteroatoms. The first-order valence-electron chi connectivity index (χ1n) is 5.73. The number of ketones is 2. The van der Waals surface area contributed by atoms with Crippen LogP contribution in [0, 0.1) is 5.41 Å². The standard InChI is InChI=1S/C13H21NO3/c1-5-6-10(15)7-8-12(17)14-9-11(16)13(2,3)4/h5-6H,7-9H2,1-4H3,(H,14,17)/b6-5+. The topological polar surface area (TPSA) is 63.2 Å². The van der Waals surface area contributed by atoms with Crippen LogP contribution in [0.15, 0.2) is 12.2 Å². The summed E-state index contributed by atoms with van der Waals surface area (Å²) >= 11 is 0. The molecule has 0 spiro atoms. The van der Waals surface area contributed by atoms with Gasteiger partial charge in [0.2, 0.25) is 5.91 Å². The molecule has 0 heterocycles. The first-order valence-corrected chi connectivity index (χ1v) is 5.73. The van der Waals surface area contributed by atoms with Crippen molar-refractivity contribution >= 4 is 17.5 Å². The van der Waals surface area contributed by atoms with Crippen LogP contribution in [0.5, 0.6) is 0 Å². The van der Waals surface area contributed by atoms with Crippen LogP contribution >= 0.6 is 0 Å². The average molecular weight is 239 g/mol. The summed E-state index contributed by atoms with van der Waals surface area (Å²) in [7, 11) is 0. The quantitative estimate of drug-likeness (QED) is 0.717. The van der Waals surface area contributed by atoms with Crippen molar-refractivity contribution in [3.8, 4) is 0 Å². The first kappa shape index (κ1) is 15.6. The monoisotopic (exact) mass is 239 g/mol. The van der Waals surface area contributed by atoms with Gasteiger partial charge in [-0.2, -0.15) is 0 Å². The fourth-order valence-electron chi connectivity index (χ4n) is 1.04. The van der Waals surface area contributed by atoms with Gasteiger partial charge in [-0.1, -0.05) is 26.8 Å².